The Balaban J connectivity index is 2.15. The van der Waals surface area contributed by atoms with Crippen molar-refractivity contribution in [3.05, 3.63) is 22.7 Å². The normalized spacial score (nSPS) is 15.4. The molecule has 4 heteroatoms. The van der Waals surface area contributed by atoms with Gasteiger partial charge in [-0.05, 0) is 30.4 Å². The molecule has 1 aromatic carbocycles. The molecule has 1 aromatic rings. The lowest BCUT2D eigenvalue weighted by Crippen LogP contribution is -2.11. The topological polar surface area (TPSA) is 44.5 Å². The van der Waals surface area contributed by atoms with E-state index >= 15 is 0 Å². The Kier molecular flexibility index (Phi) is 3.79. The summed E-state index contributed by atoms with van der Waals surface area (Å²) in [5.74, 6) is 2.09. The van der Waals surface area contributed by atoms with E-state index in [0.29, 0.717) is 16.7 Å². The van der Waals surface area contributed by atoms with Gasteiger partial charge in [-0.3, -0.25) is 0 Å². The van der Waals surface area contributed by atoms with E-state index in [0.717, 1.165) is 24.2 Å². The lowest BCUT2D eigenvalue weighted by atomic mass is 9.98. The van der Waals surface area contributed by atoms with Crippen molar-refractivity contribution in [3.8, 4) is 11.5 Å². The van der Waals surface area contributed by atoms with E-state index in [9.17, 15) is 0 Å². The second kappa shape index (κ2) is 5.15. The second-order valence-electron chi connectivity index (χ2n) is 4.80. The van der Waals surface area contributed by atoms with Crippen molar-refractivity contribution in [1.82, 2.24) is 0 Å². The van der Waals surface area contributed by atoms with E-state index in [1.54, 1.807) is 6.07 Å². The molecule has 0 radical (unpaired) electrons. The quantitative estimate of drug-likeness (QED) is 0.896. The van der Waals surface area contributed by atoms with Gasteiger partial charge in [-0.2, -0.15) is 0 Å². The minimum atomic E-state index is -0.0422. The third-order valence-corrected chi connectivity index (χ3v) is 3.27. The summed E-state index contributed by atoms with van der Waals surface area (Å²) in [5, 5.41) is 0.658. The number of nitrogens with two attached hydrogens (primary N) is 1. The van der Waals surface area contributed by atoms with Crippen LogP contribution in [0, 0.1) is 5.92 Å². The van der Waals surface area contributed by atoms with Crippen LogP contribution in [0.2, 0.25) is 5.02 Å². The van der Waals surface area contributed by atoms with Crippen LogP contribution in [0.3, 0.4) is 0 Å². The van der Waals surface area contributed by atoms with Crippen LogP contribution in [0.1, 0.15) is 38.3 Å². The lowest BCUT2D eigenvalue weighted by Gasteiger charge is -2.15. The molecule has 94 valence electrons. The fourth-order valence-corrected chi connectivity index (χ4v) is 2.18. The van der Waals surface area contributed by atoms with Gasteiger partial charge in [0.1, 0.15) is 0 Å². The summed E-state index contributed by atoms with van der Waals surface area (Å²) in [6.45, 7) is 4.64. The van der Waals surface area contributed by atoms with E-state index in [1.807, 2.05) is 6.07 Å². The standard InChI is InChI=1S/C13H18ClNO2/c1-8(2)3-4-11(15)9-5-12-13(6-10(9)14)17-7-16-12/h5-6,8,11H,3-4,7,15H2,1-2H3/t11-/m0/s1. The average Bonchev–Trinajstić information content (AvgIpc) is 2.71. The molecule has 17 heavy (non-hydrogen) atoms. The molecule has 0 spiro atoms. The van der Waals surface area contributed by atoms with Gasteiger partial charge in [-0.15, -0.1) is 0 Å². The van der Waals surface area contributed by atoms with Crippen LogP contribution in [-0.2, 0) is 0 Å². The Bertz CT molecular complexity index is 407. The maximum Gasteiger partial charge on any atom is 0.231 e. The van der Waals surface area contributed by atoms with Crippen molar-refractivity contribution in [1.29, 1.82) is 0 Å². The van der Waals surface area contributed by atoms with Gasteiger partial charge in [-0.25, -0.2) is 0 Å². The number of benzene rings is 1. The largest absolute Gasteiger partial charge is 0.454 e. The van der Waals surface area contributed by atoms with Gasteiger partial charge in [0.15, 0.2) is 11.5 Å². The summed E-state index contributed by atoms with van der Waals surface area (Å²) in [6.07, 6.45) is 2.02. The molecule has 2 N–H and O–H groups in total. The van der Waals surface area contributed by atoms with Crippen molar-refractivity contribution >= 4 is 11.6 Å². The van der Waals surface area contributed by atoms with E-state index in [4.69, 9.17) is 26.8 Å². The fraction of sp³-hybridized carbons (Fsp3) is 0.538. The Morgan fingerprint density at radius 2 is 1.88 bits per heavy atom. The van der Waals surface area contributed by atoms with E-state index in [1.165, 1.54) is 0 Å². The van der Waals surface area contributed by atoms with Crippen molar-refractivity contribution < 1.29 is 9.47 Å². The predicted octanol–water partition coefficient (Wildman–Crippen LogP) is 3.50. The summed E-state index contributed by atoms with van der Waals surface area (Å²) < 4.78 is 10.6. The number of ether oxygens (including phenoxy) is 2. The molecule has 3 nitrogen and oxygen atoms in total. The highest BCUT2D eigenvalue weighted by molar-refractivity contribution is 6.31. The summed E-state index contributed by atoms with van der Waals surface area (Å²) in [5.41, 5.74) is 7.10. The Hall–Kier alpha value is -0.930. The first-order chi connectivity index (χ1) is 8.08. The van der Waals surface area contributed by atoms with Crippen molar-refractivity contribution in [2.75, 3.05) is 6.79 Å². The zero-order valence-electron chi connectivity index (χ0n) is 10.2. The van der Waals surface area contributed by atoms with Gasteiger partial charge >= 0.3 is 0 Å². The highest BCUT2D eigenvalue weighted by atomic mass is 35.5. The first kappa shape index (κ1) is 12.5. The second-order valence-corrected chi connectivity index (χ2v) is 5.21. The summed E-state index contributed by atoms with van der Waals surface area (Å²) in [6, 6.07) is 3.64. The third-order valence-electron chi connectivity index (χ3n) is 2.95. The summed E-state index contributed by atoms with van der Waals surface area (Å²) in [4.78, 5) is 0. The number of hydrogen-bond donors (Lipinski definition) is 1. The smallest absolute Gasteiger partial charge is 0.231 e. The van der Waals surface area contributed by atoms with Crippen LogP contribution in [0.15, 0.2) is 12.1 Å². The molecule has 0 bridgehead atoms. The van der Waals surface area contributed by atoms with Gasteiger partial charge in [0.25, 0.3) is 0 Å². The molecule has 0 saturated heterocycles. The van der Waals surface area contributed by atoms with Crippen molar-refractivity contribution in [3.63, 3.8) is 0 Å². The predicted molar refractivity (Wildman–Crippen MR) is 68.6 cm³/mol. The molecular formula is C13H18ClNO2. The maximum atomic E-state index is 6.20. The first-order valence-corrected chi connectivity index (χ1v) is 6.30. The van der Waals surface area contributed by atoms with Crippen LogP contribution >= 0.6 is 11.6 Å². The molecule has 1 atom stereocenters. The Labute approximate surface area is 107 Å². The maximum absolute atomic E-state index is 6.20. The minimum absolute atomic E-state index is 0.0422. The summed E-state index contributed by atoms with van der Waals surface area (Å²) in [7, 11) is 0. The Morgan fingerprint density at radius 3 is 2.53 bits per heavy atom. The SMILES string of the molecule is CC(C)CC[C@H](N)c1cc2c(cc1Cl)OCO2. The van der Waals surface area contributed by atoms with Crippen LogP contribution in [0.25, 0.3) is 0 Å². The number of halogens is 1. The zero-order chi connectivity index (χ0) is 12.4. The molecule has 0 unspecified atom stereocenters. The average molecular weight is 256 g/mol. The van der Waals surface area contributed by atoms with E-state index in [-0.39, 0.29) is 12.8 Å². The van der Waals surface area contributed by atoms with E-state index in [2.05, 4.69) is 13.8 Å². The van der Waals surface area contributed by atoms with Crippen LogP contribution in [-0.4, -0.2) is 6.79 Å². The van der Waals surface area contributed by atoms with Gasteiger partial charge in [0.2, 0.25) is 6.79 Å². The van der Waals surface area contributed by atoms with Crippen molar-refractivity contribution in [2.24, 2.45) is 11.7 Å². The molecule has 0 fully saturated rings. The lowest BCUT2D eigenvalue weighted by molar-refractivity contribution is 0.174. The molecule has 0 amide bonds. The monoisotopic (exact) mass is 255 g/mol. The highest BCUT2D eigenvalue weighted by Gasteiger charge is 2.19. The summed E-state index contributed by atoms with van der Waals surface area (Å²) >= 11 is 6.20. The van der Waals surface area contributed by atoms with E-state index < -0.39 is 0 Å². The van der Waals surface area contributed by atoms with Gasteiger partial charge in [-0.1, -0.05) is 25.4 Å². The highest BCUT2D eigenvalue weighted by Crippen LogP contribution is 2.39. The number of fused-ring (bicyclic) bond motifs is 1. The van der Waals surface area contributed by atoms with Gasteiger partial charge in [0, 0.05) is 17.1 Å². The molecule has 1 aliphatic rings. The minimum Gasteiger partial charge on any atom is -0.454 e. The van der Waals surface area contributed by atoms with Crippen LogP contribution < -0.4 is 15.2 Å². The number of hydrogen-bond acceptors (Lipinski definition) is 3. The molecule has 0 aliphatic carbocycles. The van der Waals surface area contributed by atoms with Crippen LogP contribution in [0.5, 0.6) is 11.5 Å². The number of rotatable bonds is 4. The molecule has 1 aliphatic heterocycles. The molecule has 2 rings (SSSR count). The Morgan fingerprint density at radius 1 is 1.24 bits per heavy atom. The van der Waals surface area contributed by atoms with Crippen molar-refractivity contribution in [2.45, 2.75) is 32.7 Å². The fourth-order valence-electron chi connectivity index (χ4n) is 1.89. The third kappa shape index (κ3) is 2.85. The molecule has 0 saturated carbocycles. The van der Waals surface area contributed by atoms with Gasteiger partial charge in [0.05, 0.1) is 0 Å². The molecule has 1 heterocycles. The molecule has 0 aromatic heterocycles. The first-order valence-electron chi connectivity index (χ1n) is 5.92. The molecular weight excluding hydrogens is 238 g/mol. The van der Waals surface area contributed by atoms with Gasteiger partial charge < -0.3 is 15.2 Å². The zero-order valence-corrected chi connectivity index (χ0v) is 11.0. The van der Waals surface area contributed by atoms with Crippen LogP contribution in [0.4, 0.5) is 0 Å².